The average molecular weight is 430 g/mol. The van der Waals surface area contributed by atoms with Crippen molar-refractivity contribution in [3.63, 3.8) is 0 Å². The summed E-state index contributed by atoms with van der Waals surface area (Å²) < 4.78 is 28.2. The third-order valence-electron chi connectivity index (χ3n) is 5.10. The first kappa shape index (κ1) is 22.7. The molecule has 1 saturated heterocycles. The second-order valence-electron chi connectivity index (χ2n) is 7.55. The number of amides is 1. The summed E-state index contributed by atoms with van der Waals surface area (Å²) in [5.74, 6) is -0.320. The number of pyridine rings is 1. The summed E-state index contributed by atoms with van der Waals surface area (Å²) in [6.07, 6.45) is 6.49. The molecule has 1 N–H and O–H groups in total. The lowest BCUT2D eigenvalue weighted by atomic mass is 9.96. The number of carbonyl (C=O) groups is 2. The number of hydrogen-bond acceptors (Lipinski definition) is 6. The number of halogens is 1. The minimum atomic E-state index is -0.540. The Morgan fingerprint density at radius 1 is 1.16 bits per heavy atom. The number of hydrogen-bond donors (Lipinski definition) is 1. The molecule has 1 amide bonds. The molecule has 1 saturated carbocycles. The molecule has 7 nitrogen and oxygen atoms in total. The number of ether oxygens (including phenoxy) is 3. The lowest BCUT2D eigenvalue weighted by Gasteiger charge is -2.26. The van der Waals surface area contributed by atoms with Crippen molar-refractivity contribution in [2.45, 2.75) is 57.3 Å². The molecule has 0 bridgehead atoms. The number of benzene rings is 1. The van der Waals surface area contributed by atoms with E-state index in [9.17, 15) is 14.0 Å². The zero-order valence-corrected chi connectivity index (χ0v) is 17.7. The summed E-state index contributed by atoms with van der Waals surface area (Å²) in [5.41, 5.74) is 0.657. The SMILES string of the molecule is COC(=O)c1cc(NC(=O)C2CCC(C)O2)ccn1.Fc1cccc(OC2CCC2)c1. The van der Waals surface area contributed by atoms with Crippen LogP contribution in [0.5, 0.6) is 5.75 Å². The zero-order chi connectivity index (χ0) is 22.2. The number of methoxy groups -OCH3 is 1. The molecular weight excluding hydrogens is 403 g/mol. The maximum Gasteiger partial charge on any atom is 0.356 e. The minimum Gasteiger partial charge on any atom is -0.490 e. The molecule has 2 aliphatic rings. The van der Waals surface area contributed by atoms with Gasteiger partial charge in [-0.3, -0.25) is 4.79 Å². The Morgan fingerprint density at radius 3 is 2.58 bits per heavy atom. The van der Waals surface area contributed by atoms with Crippen LogP contribution in [0.25, 0.3) is 0 Å². The average Bonchev–Trinajstić information content (AvgIpc) is 3.17. The fourth-order valence-electron chi connectivity index (χ4n) is 3.16. The van der Waals surface area contributed by atoms with Gasteiger partial charge in [0.05, 0.1) is 19.3 Å². The number of rotatable bonds is 5. The molecule has 2 aromatic rings. The number of nitrogens with zero attached hydrogens (tertiary/aromatic N) is 1. The largest absolute Gasteiger partial charge is 0.490 e. The van der Waals surface area contributed by atoms with Crippen molar-refractivity contribution in [2.75, 3.05) is 12.4 Å². The summed E-state index contributed by atoms with van der Waals surface area (Å²) in [5, 5.41) is 2.71. The van der Waals surface area contributed by atoms with Crippen LogP contribution < -0.4 is 10.1 Å². The van der Waals surface area contributed by atoms with E-state index < -0.39 is 12.1 Å². The van der Waals surface area contributed by atoms with Gasteiger partial charge in [0, 0.05) is 18.0 Å². The third-order valence-corrected chi connectivity index (χ3v) is 5.10. The van der Waals surface area contributed by atoms with E-state index in [4.69, 9.17) is 9.47 Å². The lowest BCUT2D eigenvalue weighted by molar-refractivity contribution is -0.126. The van der Waals surface area contributed by atoms with E-state index in [1.165, 1.54) is 37.9 Å². The number of aromatic nitrogens is 1. The predicted molar refractivity (Wildman–Crippen MR) is 112 cm³/mol. The lowest BCUT2D eigenvalue weighted by Crippen LogP contribution is -2.27. The second-order valence-corrected chi connectivity index (χ2v) is 7.55. The summed E-state index contributed by atoms with van der Waals surface area (Å²) in [6.45, 7) is 1.94. The molecule has 166 valence electrons. The summed E-state index contributed by atoms with van der Waals surface area (Å²) in [4.78, 5) is 27.1. The number of carbonyl (C=O) groups excluding carboxylic acids is 2. The van der Waals surface area contributed by atoms with E-state index in [0.29, 0.717) is 24.0 Å². The van der Waals surface area contributed by atoms with Gasteiger partial charge in [-0.25, -0.2) is 14.2 Å². The monoisotopic (exact) mass is 430 g/mol. The molecule has 1 aromatic carbocycles. The van der Waals surface area contributed by atoms with Crippen molar-refractivity contribution < 1.29 is 28.2 Å². The third kappa shape index (κ3) is 6.75. The van der Waals surface area contributed by atoms with Crippen molar-refractivity contribution in [3.05, 3.63) is 54.1 Å². The molecule has 0 spiro atoms. The van der Waals surface area contributed by atoms with E-state index in [1.807, 2.05) is 6.92 Å². The van der Waals surface area contributed by atoms with E-state index >= 15 is 0 Å². The van der Waals surface area contributed by atoms with Crippen molar-refractivity contribution in [1.82, 2.24) is 4.98 Å². The molecule has 2 heterocycles. The van der Waals surface area contributed by atoms with Gasteiger partial charge in [-0.1, -0.05) is 6.07 Å². The summed E-state index contributed by atoms with van der Waals surface area (Å²) in [6, 6.07) is 9.40. The van der Waals surface area contributed by atoms with Crippen LogP contribution in [0, 0.1) is 5.82 Å². The molecule has 2 fully saturated rings. The van der Waals surface area contributed by atoms with Crippen LogP contribution >= 0.6 is 0 Å². The topological polar surface area (TPSA) is 86.8 Å². The van der Waals surface area contributed by atoms with Gasteiger partial charge in [0.25, 0.3) is 5.91 Å². The summed E-state index contributed by atoms with van der Waals surface area (Å²) >= 11 is 0. The molecule has 1 aromatic heterocycles. The summed E-state index contributed by atoms with van der Waals surface area (Å²) in [7, 11) is 1.28. The fraction of sp³-hybridized carbons (Fsp3) is 0.435. The van der Waals surface area contributed by atoms with Crippen LogP contribution in [-0.2, 0) is 14.3 Å². The van der Waals surface area contributed by atoms with E-state index in [0.717, 1.165) is 19.3 Å². The Kier molecular flexibility index (Phi) is 7.94. The van der Waals surface area contributed by atoms with Crippen molar-refractivity contribution >= 4 is 17.6 Å². The highest BCUT2D eigenvalue weighted by Crippen LogP contribution is 2.25. The Labute approximate surface area is 180 Å². The Bertz CT molecular complexity index is 903. The van der Waals surface area contributed by atoms with Crippen molar-refractivity contribution in [1.29, 1.82) is 0 Å². The predicted octanol–water partition coefficient (Wildman–Crippen LogP) is 4.13. The fourth-order valence-corrected chi connectivity index (χ4v) is 3.16. The molecule has 1 aliphatic heterocycles. The van der Waals surface area contributed by atoms with Crippen molar-refractivity contribution in [2.24, 2.45) is 0 Å². The van der Waals surface area contributed by atoms with Gasteiger partial charge < -0.3 is 19.5 Å². The van der Waals surface area contributed by atoms with Gasteiger partial charge in [0.15, 0.2) is 0 Å². The Morgan fingerprint density at radius 2 is 1.97 bits per heavy atom. The first-order valence-corrected chi connectivity index (χ1v) is 10.4. The van der Waals surface area contributed by atoms with Crippen LogP contribution in [0.1, 0.15) is 49.5 Å². The number of esters is 1. The van der Waals surface area contributed by atoms with Gasteiger partial charge in [0.2, 0.25) is 0 Å². The van der Waals surface area contributed by atoms with Gasteiger partial charge in [0.1, 0.15) is 23.4 Å². The highest BCUT2D eigenvalue weighted by molar-refractivity contribution is 5.95. The normalized spacial score (nSPS) is 20.1. The standard InChI is InChI=1S/C13H16N2O4.C10H11FO/c1-8-3-4-11(19-8)12(16)15-9-5-6-14-10(7-9)13(17)18-2;11-8-3-1-6-10(7-8)12-9-4-2-5-9/h5-8,11H,3-4H2,1-2H3,(H,14,15,16);1,3,6-7,9H,2,4-5H2. The zero-order valence-electron chi connectivity index (χ0n) is 17.7. The van der Waals surface area contributed by atoms with Crippen LogP contribution in [0.4, 0.5) is 10.1 Å². The van der Waals surface area contributed by atoms with Crippen LogP contribution in [-0.4, -0.2) is 42.3 Å². The van der Waals surface area contributed by atoms with E-state index in [-0.39, 0.29) is 23.5 Å². The van der Waals surface area contributed by atoms with Crippen molar-refractivity contribution in [3.8, 4) is 5.75 Å². The Balaban J connectivity index is 0.000000194. The molecule has 4 rings (SSSR count). The maximum absolute atomic E-state index is 12.7. The molecule has 31 heavy (non-hydrogen) atoms. The van der Waals surface area contributed by atoms with Crippen LogP contribution in [0.15, 0.2) is 42.6 Å². The molecule has 2 unspecified atom stereocenters. The van der Waals surface area contributed by atoms with Gasteiger partial charge in [-0.05, 0) is 63.3 Å². The quantitative estimate of drug-likeness (QED) is 0.718. The number of nitrogens with one attached hydrogen (secondary N) is 1. The van der Waals surface area contributed by atoms with E-state index in [2.05, 4.69) is 15.0 Å². The van der Waals surface area contributed by atoms with E-state index in [1.54, 1.807) is 18.2 Å². The second kappa shape index (κ2) is 10.9. The van der Waals surface area contributed by atoms with Gasteiger partial charge >= 0.3 is 5.97 Å². The highest BCUT2D eigenvalue weighted by atomic mass is 19.1. The molecule has 8 heteroatoms. The molecule has 1 aliphatic carbocycles. The van der Waals surface area contributed by atoms with Crippen LogP contribution in [0.2, 0.25) is 0 Å². The molecule has 2 atom stereocenters. The molecule has 0 radical (unpaired) electrons. The maximum atomic E-state index is 12.7. The first-order chi connectivity index (χ1) is 14.9. The van der Waals surface area contributed by atoms with Gasteiger partial charge in [-0.2, -0.15) is 0 Å². The smallest absolute Gasteiger partial charge is 0.356 e. The number of anilines is 1. The molecular formula is C23H27FN2O5. The minimum absolute atomic E-state index is 0.110. The Hall–Kier alpha value is -3.00. The highest BCUT2D eigenvalue weighted by Gasteiger charge is 2.28. The van der Waals surface area contributed by atoms with Gasteiger partial charge in [-0.15, -0.1) is 0 Å². The first-order valence-electron chi connectivity index (χ1n) is 10.4. The van der Waals surface area contributed by atoms with Crippen LogP contribution in [0.3, 0.4) is 0 Å².